The van der Waals surface area contributed by atoms with Crippen molar-refractivity contribution in [3.63, 3.8) is 0 Å². The third-order valence-corrected chi connectivity index (χ3v) is 6.10. The van der Waals surface area contributed by atoms with Gasteiger partial charge in [-0.25, -0.2) is 17.7 Å². The Kier molecular flexibility index (Phi) is 4.33. The molecule has 0 aliphatic rings. The van der Waals surface area contributed by atoms with Crippen LogP contribution in [0.5, 0.6) is 0 Å². The number of halogens is 2. The largest absolute Gasteiger partial charge is 0.309 e. The second kappa shape index (κ2) is 6.15. The maximum absolute atomic E-state index is 13.6. The number of fused-ring (bicyclic) bond motifs is 1. The van der Waals surface area contributed by atoms with Crippen molar-refractivity contribution in [2.45, 2.75) is 10.1 Å². The molecule has 0 N–H and O–H groups in total. The fourth-order valence-electron chi connectivity index (χ4n) is 2.07. The lowest BCUT2D eigenvalue weighted by Gasteiger charge is -2.15. The summed E-state index contributed by atoms with van der Waals surface area (Å²) in [6, 6.07) is 10.7. The van der Waals surface area contributed by atoms with Crippen molar-refractivity contribution >= 4 is 33.0 Å². The van der Waals surface area contributed by atoms with Gasteiger partial charge in [-0.2, -0.15) is 12.7 Å². The van der Waals surface area contributed by atoms with Crippen LogP contribution in [0.4, 0.5) is 8.78 Å². The molecule has 0 aliphatic carbocycles. The Hall–Kier alpha value is -1.97. The van der Waals surface area contributed by atoms with E-state index in [0.717, 1.165) is 37.1 Å². The summed E-state index contributed by atoms with van der Waals surface area (Å²) in [5, 5.41) is 0.106. The van der Waals surface area contributed by atoms with Gasteiger partial charge in [-0.1, -0.05) is 30.0 Å². The zero-order valence-corrected chi connectivity index (χ0v) is 14.4. The Morgan fingerprint density at radius 1 is 1.08 bits per heavy atom. The monoisotopic (exact) mass is 369 g/mol. The van der Waals surface area contributed by atoms with Gasteiger partial charge in [-0.05, 0) is 12.1 Å². The van der Waals surface area contributed by atoms with Crippen molar-refractivity contribution in [3.8, 4) is 0 Å². The molecule has 24 heavy (non-hydrogen) atoms. The Morgan fingerprint density at radius 2 is 1.71 bits per heavy atom. The van der Waals surface area contributed by atoms with Crippen molar-refractivity contribution in [3.05, 3.63) is 54.1 Å². The van der Waals surface area contributed by atoms with Gasteiger partial charge in [0.05, 0.1) is 11.0 Å². The first-order valence-electron chi connectivity index (χ1n) is 6.84. The summed E-state index contributed by atoms with van der Waals surface area (Å²) in [5.74, 6) is -2.21. The van der Waals surface area contributed by atoms with Gasteiger partial charge in [0.1, 0.15) is 0 Å². The van der Waals surface area contributed by atoms with Crippen LogP contribution in [0.1, 0.15) is 0 Å². The smallest absolute Gasteiger partial charge is 0.221 e. The van der Waals surface area contributed by atoms with E-state index in [1.807, 2.05) is 6.07 Å². The van der Waals surface area contributed by atoms with Crippen molar-refractivity contribution in [1.82, 2.24) is 13.3 Å². The Balaban J connectivity index is 2.28. The molecule has 1 aromatic heterocycles. The molecule has 9 heteroatoms. The molecule has 0 bridgehead atoms. The Morgan fingerprint density at radius 3 is 2.33 bits per heavy atom. The predicted octanol–water partition coefficient (Wildman–Crippen LogP) is 3.12. The number of rotatable bonds is 4. The summed E-state index contributed by atoms with van der Waals surface area (Å²) >= 11 is 1.10. The molecular weight excluding hydrogens is 356 g/mol. The maximum atomic E-state index is 13.6. The molecule has 0 radical (unpaired) electrons. The van der Waals surface area contributed by atoms with Crippen LogP contribution in [-0.2, 0) is 10.2 Å². The fraction of sp³-hybridized carbons (Fsp3) is 0.133. The van der Waals surface area contributed by atoms with Crippen LogP contribution < -0.4 is 0 Å². The van der Waals surface area contributed by atoms with E-state index in [1.165, 1.54) is 14.1 Å². The summed E-state index contributed by atoms with van der Waals surface area (Å²) in [6.07, 6.45) is 0. The van der Waals surface area contributed by atoms with Crippen LogP contribution in [0.15, 0.2) is 52.5 Å². The van der Waals surface area contributed by atoms with E-state index in [-0.39, 0.29) is 16.2 Å². The van der Waals surface area contributed by atoms with Gasteiger partial charge in [0.15, 0.2) is 16.8 Å². The van der Waals surface area contributed by atoms with Crippen LogP contribution in [0.2, 0.25) is 0 Å². The summed E-state index contributed by atoms with van der Waals surface area (Å²) < 4.78 is 54.3. The first-order valence-corrected chi connectivity index (χ1v) is 9.05. The molecule has 3 aromatic rings. The average Bonchev–Trinajstić information content (AvgIpc) is 2.86. The highest BCUT2D eigenvalue weighted by Crippen LogP contribution is 2.32. The van der Waals surface area contributed by atoms with E-state index in [1.54, 1.807) is 24.3 Å². The van der Waals surface area contributed by atoms with Crippen molar-refractivity contribution in [1.29, 1.82) is 0 Å². The lowest BCUT2D eigenvalue weighted by molar-refractivity contribution is 0.505. The van der Waals surface area contributed by atoms with E-state index in [9.17, 15) is 17.2 Å². The summed E-state index contributed by atoms with van der Waals surface area (Å²) in [7, 11) is -1.24. The summed E-state index contributed by atoms with van der Waals surface area (Å²) in [5.41, 5.74) is 0.0544. The fourth-order valence-corrected chi connectivity index (χ4v) is 4.26. The van der Waals surface area contributed by atoms with Crippen molar-refractivity contribution < 1.29 is 17.2 Å². The third-order valence-electron chi connectivity index (χ3n) is 3.27. The van der Waals surface area contributed by atoms with Crippen LogP contribution in [0.3, 0.4) is 0 Å². The molecule has 0 saturated carbocycles. The Bertz CT molecular complexity index is 1000. The molecule has 0 amide bonds. The second-order valence-electron chi connectivity index (χ2n) is 5.12. The van der Waals surface area contributed by atoms with Gasteiger partial charge in [0.2, 0.25) is 0 Å². The predicted molar refractivity (Wildman–Crippen MR) is 88.2 cm³/mol. The van der Waals surface area contributed by atoms with Crippen molar-refractivity contribution in [2.75, 3.05) is 14.1 Å². The van der Waals surface area contributed by atoms with Gasteiger partial charge in [-0.3, -0.25) is 0 Å². The molecule has 0 spiro atoms. The molecule has 5 nitrogen and oxygen atoms in total. The number of benzene rings is 2. The molecule has 0 aliphatic heterocycles. The lowest BCUT2D eigenvalue weighted by Crippen LogP contribution is -2.29. The van der Waals surface area contributed by atoms with Gasteiger partial charge >= 0.3 is 10.2 Å². The normalized spacial score (nSPS) is 12.2. The highest BCUT2D eigenvalue weighted by molar-refractivity contribution is 7.99. The highest BCUT2D eigenvalue weighted by Gasteiger charge is 2.26. The molecule has 0 unspecified atom stereocenters. The second-order valence-corrected chi connectivity index (χ2v) is 8.15. The lowest BCUT2D eigenvalue weighted by atomic mass is 10.3. The number of aromatic nitrogens is 2. The van der Waals surface area contributed by atoms with E-state index < -0.39 is 21.8 Å². The van der Waals surface area contributed by atoms with Crippen molar-refractivity contribution in [2.24, 2.45) is 0 Å². The average molecular weight is 369 g/mol. The van der Waals surface area contributed by atoms with E-state index >= 15 is 0 Å². The topological polar surface area (TPSA) is 55.2 Å². The minimum absolute atomic E-state index is 0.0129. The molecule has 1 heterocycles. The number of hydrogen-bond acceptors (Lipinski definition) is 4. The number of nitrogens with zero attached hydrogens (tertiary/aromatic N) is 3. The third kappa shape index (κ3) is 2.90. The zero-order chi connectivity index (χ0) is 17.5. The molecule has 126 valence electrons. The Labute approximate surface area is 142 Å². The SMILES string of the molecule is CN(C)S(=O)(=O)n1c(Sc2ccccc2)nc2cc(F)c(F)cc21. The minimum atomic E-state index is -3.96. The van der Waals surface area contributed by atoms with Gasteiger partial charge in [0, 0.05) is 31.1 Å². The molecular formula is C15H13F2N3O2S2. The number of hydrogen-bond donors (Lipinski definition) is 0. The quantitative estimate of drug-likeness (QED) is 0.709. The van der Waals surface area contributed by atoms with Gasteiger partial charge in [0.25, 0.3) is 0 Å². The molecule has 0 atom stereocenters. The highest BCUT2D eigenvalue weighted by atomic mass is 32.2. The summed E-state index contributed by atoms with van der Waals surface area (Å²) in [4.78, 5) is 4.93. The van der Waals surface area contributed by atoms with Crippen LogP contribution in [0, 0.1) is 11.6 Å². The van der Waals surface area contributed by atoms with E-state index in [4.69, 9.17) is 0 Å². The maximum Gasteiger partial charge on any atom is 0.309 e. The zero-order valence-electron chi connectivity index (χ0n) is 12.8. The van der Waals surface area contributed by atoms with Gasteiger partial charge < -0.3 is 0 Å². The summed E-state index contributed by atoms with van der Waals surface area (Å²) in [6.45, 7) is 0. The molecule has 0 fully saturated rings. The molecule has 3 rings (SSSR count). The van der Waals surface area contributed by atoms with E-state index in [2.05, 4.69) is 4.98 Å². The molecule has 2 aromatic carbocycles. The van der Waals surface area contributed by atoms with E-state index in [0.29, 0.717) is 0 Å². The van der Waals surface area contributed by atoms with Crippen LogP contribution in [-0.4, -0.2) is 35.8 Å². The number of imidazole rings is 1. The first-order chi connectivity index (χ1) is 11.3. The molecule has 0 saturated heterocycles. The first kappa shape index (κ1) is 16.9. The standard InChI is InChI=1S/C15H13F2N3O2S2/c1-19(2)24(21,22)20-14-9-12(17)11(16)8-13(14)18-15(20)23-10-6-4-3-5-7-10/h3-9H,1-2H3. The van der Waals surface area contributed by atoms with Crippen LogP contribution in [0.25, 0.3) is 11.0 Å². The minimum Gasteiger partial charge on any atom is -0.221 e. The van der Waals surface area contributed by atoms with Crippen LogP contribution >= 0.6 is 11.8 Å². The van der Waals surface area contributed by atoms with Gasteiger partial charge in [-0.15, -0.1) is 0 Å².